The highest BCUT2D eigenvalue weighted by atomic mass is 15.1. The van der Waals surface area contributed by atoms with Gasteiger partial charge >= 0.3 is 0 Å². The standard InChI is InChI=1S/C15H16N2/c1-17(11-5-10-16)12-14-8-4-7-13-6-2-3-9-15(13)14/h2-4,6-9H,5,11-12H2,1H3. The van der Waals surface area contributed by atoms with Gasteiger partial charge < -0.3 is 4.90 Å². The molecule has 0 bridgehead atoms. The smallest absolute Gasteiger partial charge is 0.0635 e. The molecular formula is C15H16N2. The van der Waals surface area contributed by atoms with E-state index < -0.39 is 0 Å². The molecule has 0 aliphatic carbocycles. The summed E-state index contributed by atoms with van der Waals surface area (Å²) >= 11 is 0. The van der Waals surface area contributed by atoms with Crippen molar-refractivity contribution < 1.29 is 0 Å². The number of nitriles is 1. The maximum Gasteiger partial charge on any atom is 0.0635 e. The molecule has 0 aromatic heterocycles. The van der Waals surface area contributed by atoms with Gasteiger partial charge in [0.2, 0.25) is 0 Å². The molecule has 0 aliphatic rings. The number of rotatable bonds is 4. The van der Waals surface area contributed by atoms with Crippen LogP contribution in [0.15, 0.2) is 42.5 Å². The average molecular weight is 224 g/mol. The van der Waals surface area contributed by atoms with Crippen LogP contribution >= 0.6 is 0 Å². The molecule has 17 heavy (non-hydrogen) atoms. The Hall–Kier alpha value is -1.85. The third kappa shape index (κ3) is 2.83. The van der Waals surface area contributed by atoms with E-state index in [9.17, 15) is 0 Å². The highest BCUT2D eigenvalue weighted by Crippen LogP contribution is 2.19. The summed E-state index contributed by atoms with van der Waals surface area (Å²) in [6, 6.07) is 17.0. The van der Waals surface area contributed by atoms with Crippen LogP contribution in [0.5, 0.6) is 0 Å². The Morgan fingerprint density at radius 1 is 1.12 bits per heavy atom. The third-order valence-electron chi connectivity index (χ3n) is 2.93. The summed E-state index contributed by atoms with van der Waals surface area (Å²) < 4.78 is 0. The second kappa shape index (κ2) is 5.47. The third-order valence-corrected chi connectivity index (χ3v) is 2.93. The van der Waals surface area contributed by atoms with Crippen LogP contribution < -0.4 is 0 Å². The van der Waals surface area contributed by atoms with Crippen LogP contribution in [-0.4, -0.2) is 18.5 Å². The van der Waals surface area contributed by atoms with Crippen molar-refractivity contribution in [2.75, 3.05) is 13.6 Å². The monoisotopic (exact) mass is 224 g/mol. The molecule has 0 radical (unpaired) electrons. The molecule has 0 fully saturated rings. The molecule has 2 rings (SSSR count). The SMILES string of the molecule is CN(CCC#N)Cc1cccc2ccccc12. The molecule has 0 spiro atoms. The molecule has 0 saturated carbocycles. The Morgan fingerprint density at radius 2 is 1.88 bits per heavy atom. The van der Waals surface area contributed by atoms with Crippen molar-refractivity contribution in [3.8, 4) is 6.07 Å². The van der Waals surface area contributed by atoms with Crippen LogP contribution in [0.25, 0.3) is 10.8 Å². The van der Waals surface area contributed by atoms with E-state index in [-0.39, 0.29) is 0 Å². The number of nitrogens with zero attached hydrogens (tertiary/aromatic N) is 2. The fourth-order valence-corrected chi connectivity index (χ4v) is 2.04. The predicted octanol–water partition coefficient (Wildman–Crippen LogP) is 3.19. The number of hydrogen-bond donors (Lipinski definition) is 0. The van der Waals surface area contributed by atoms with E-state index in [1.807, 2.05) is 0 Å². The van der Waals surface area contributed by atoms with Gasteiger partial charge in [-0.3, -0.25) is 0 Å². The van der Waals surface area contributed by atoms with Gasteiger partial charge in [0.15, 0.2) is 0 Å². The zero-order valence-corrected chi connectivity index (χ0v) is 10.1. The van der Waals surface area contributed by atoms with Crippen molar-refractivity contribution in [3.63, 3.8) is 0 Å². The first-order chi connectivity index (χ1) is 8.31. The molecule has 2 heteroatoms. The molecular weight excluding hydrogens is 208 g/mol. The Balaban J connectivity index is 2.21. The van der Waals surface area contributed by atoms with Crippen molar-refractivity contribution >= 4 is 10.8 Å². The quantitative estimate of drug-likeness (QED) is 0.797. The first-order valence-corrected chi connectivity index (χ1v) is 5.83. The fourth-order valence-electron chi connectivity index (χ4n) is 2.04. The van der Waals surface area contributed by atoms with Crippen molar-refractivity contribution in [1.82, 2.24) is 4.90 Å². The molecule has 2 aromatic rings. The second-order valence-electron chi connectivity index (χ2n) is 4.28. The van der Waals surface area contributed by atoms with Crippen LogP contribution in [0.3, 0.4) is 0 Å². The summed E-state index contributed by atoms with van der Waals surface area (Å²) in [5.41, 5.74) is 1.32. The van der Waals surface area contributed by atoms with Gasteiger partial charge in [0.1, 0.15) is 0 Å². The van der Waals surface area contributed by atoms with Gasteiger partial charge in [0, 0.05) is 19.5 Å². The predicted molar refractivity (Wildman–Crippen MR) is 70.5 cm³/mol. The number of hydrogen-bond acceptors (Lipinski definition) is 2. The Labute approximate surface area is 102 Å². The van der Waals surface area contributed by atoms with E-state index in [4.69, 9.17) is 5.26 Å². The average Bonchev–Trinajstić information content (AvgIpc) is 2.37. The maximum absolute atomic E-state index is 8.58. The lowest BCUT2D eigenvalue weighted by atomic mass is 10.0. The summed E-state index contributed by atoms with van der Waals surface area (Å²) in [6.07, 6.45) is 0.585. The van der Waals surface area contributed by atoms with Crippen molar-refractivity contribution in [1.29, 1.82) is 5.26 Å². The van der Waals surface area contributed by atoms with Gasteiger partial charge in [-0.25, -0.2) is 0 Å². The molecule has 0 aliphatic heterocycles. The minimum Gasteiger partial charge on any atom is -0.301 e. The van der Waals surface area contributed by atoms with Crippen molar-refractivity contribution in [3.05, 3.63) is 48.0 Å². The largest absolute Gasteiger partial charge is 0.301 e. The molecule has 0 saturated heterocycles. The molecule has 0 N–H and O–H groups in total. The summed E-state index contributed by atoms with van der Waals surface area (Å²) in [6.45, 7) is 1.71. The fraction of sp³-hybridized carbons (Fsp3) is 0.267. The normalized spacial score (nSPS) is 10.6. The minimum atomic E-state index is 0.585. The number of fused-ring (bicyclic) bond motifs is 1. The van der Waals surface area contributed by atoms with Crippen LogP contribution in [0, 0.1) is 11.3 Å². The Bertz CT molecular complexity index is 535. The van der Waals surface area contributed by atoms with Gasteiger partial charge in [0.05, 0.1) is 6.07 Å². The molecule has 2 nitrogen and oxygen atoms in total. The Kier molecular flexibility index (Phi) is 3.74. The molecule has 0 atom stereocenters. The van der Waals surface area contributed by atoms with E-state index >= 15 is 0 Å². The zero-order valence-electron chi connectivity index (χ0n) is 10.1. The van der Waals surface area contributed by atoms with Gasteiger partial charge in [-0.05, 0) is 23.4 Å². The first kappa shape index (κ1) is 11.6. The van der Waals surface area contributed by atoms with E-state index in [1.54, 1.807) is 0 Å². The van der Waals surface area contributed by atoms with Gasteiger partial charge in [-0.2, -0.15) is 5.26 Å². The van der Waals surface area contributed by atoms with E-state index in [2.05, 4.69) is 60.5 Å². The molecule has 2 aromatic carbocycles. The summed E-state index contributed by atoms with van der Waals surface area (Å²) in [5, 5.41) is 11.2. The first-order valence-electron chi connectivity index (χ1n) is 5.83. The minimum absolute atomic E-state index is 0.585. The van der Waals surface area contributed by atoms with Gasteiger partial charge in [-0.15, -0.1) is 0 Å². The van der Waals surface area contributed by atoms with Crippen LogP contribution in [0.4, 0.5) is 0 Å². The van der Waals surface area contributed by atoms with Crippen LogP contribution in [0.2, 0.25) is 0 Å². The Morgan fingerprint density at radius 3 is 2.71 bits per heavy atom. The molecule has 86 valence electrons. The molecule has 0 heterocycles. The molecule has 0 amide bonds. The topological polar surface area (TPSA) is 27.0 Å². The number of benzene rings is 2. The van der Waals surface area contributed by atoms with Crippen molar-refractivity contribution in [2.45, 2.75) is 13.0 Å². The lowest BCUT2D eigenvalue weighted by Gasteiger charge is -2.16. The van der Waals surface area contributed by atoms with Crippen LogP contribution in [0.1, 0.15) is 12.0 Å². The van der Waals surface area contributed by atoms with Crippen LogP contribution in [-0.2, 0) is 6.54 Å². The lowest BCUT2D eigenvalue weighted by molar-refractivity contribution is 0.336. The summed E-state index contributed by atoms with van der Waals surface area (Å²) in [7, 11) is 2.05. The molecule has 0 unspecified atom stereocenters. The summed E-state index contributed by atoms with van der Waals surface area (Å²) in [4.78, 5) is 2.19. The second-order valence-corrected chi connectivity index (χ2v) is 4.28. The highest BCUT2D eigenvalue weighted by molar-refractivity contribution is 5.85. The van der Waals surface area contributed by atoms with Crippen molar-refractivity contribution in [2.24, 2.45) is 0 Å². The van der Waals surface area contributed by atoms with E-state index in [0.717, 1.165) is 13.1 Å². The zero-order chi connectivity index (χ0) is 12.1. The maximum atomic E-state index is 8.58. The van der Waals surface area contributed by atoms with E-state index in [0.29, 0.717) is 6.42 Å². The van der Waals surface area contributed by atoms with Gasteiger partial charge in [0.25, 0.3) is 0 Å². The lowest BCUT2D eigenvalue weighted by Crippen LogP contribution is -2.18. The summed E-state index contributed by atoms with van der Waals surface area (Å²) in [5.74, 6) is 0. The highest BCUT2D eigenvalue weighted by Gasteiger charge is 2.03. The van der Waals surface area contributed by atoms with Gasteiger partial charge in [-0.1, -0.05) is 42.5 Å². The van der Waals surface area contributed by atoms with E-state index in [1.165, 1.54) is 16.3 Å².